The fourth-order valence-electron chi connectivity index (χ4n) is 3.11. The van der Waals surface area contributed by atoms with E-state index in [0.717, 1.165) is 24.5 Å². The molecule has 2 atom stereocenters. The summed E-state index contributed by atoms with van der Waals surface area (Å²) in [4.78, 5) is 0. The molecular weight excluding hydrogens is 254 g/mol. The van der Waals surface area contributed by atoms with E-state index in [1.54, 1.807) is 0 Å². The van der Waals surface area contributed by atoms with Gasteiger partial charge < -0.3 is 19.5 Å². The van der Waals surface area contributed by atoms with E-state index in [1.165, 1.54) is 31.2 Å². The second-order valence-electron chi connectivity index (χ2n) is 5.56. The summed E-state index contributed by atoms with van der Waals surface area (Å²) < 4.78 is 16.3. The first-order valence-electron chi connectivity index (χ1n) is 7.51. The maximum Gasteiger partial charge on any atom is 0.231 e. The van der Waals surface area contributed by atoms with E-state index in [-0.39, 0.29) is 0 Å². The summed E-state index contributed by atoms with van der Waals surface area (Å²) in [6, 6.07) is 6.70. The van der Waals surface area contributed by atoms with Gasteiger partial charge in [-0.15, -0.1) is 0 Å². The van der Waals surface area contributed by atoms with Gasteiger partial charge in [-0.25, -0.2) is 0 Å². The number of methoxy groups -OCH3 is 1. The van der Waals surface area contributed by atoms with E-state index in [9.17, 15) is 0 Å². The highest BCUT2D eigenvalue weighted by molar-refractivity contribution is 5.44. The molecule has 1 N–H and O–H groups in total. The minimum atomic E-state index is 0.342. The van der Waals surface area contributed by atoms with Crippen LogP contribution in [0.5, 0.6) is 11.5 Å². The number of fused-ring (bicyclic) bond motifs is 1. The quantitative estimate of drug-likeness (QED) is 0.897. The summed E-state index contributed by atoms with van der Waals surface area (Å²) in [5, 5.41) is 3.64. The molecule has 4 heteroatoms. The summed E-state index contributed by atoms with van der Waals surface area (Å²) in [6.07, 6.45) is 6.38. The van der Waals surface area contributed by atoms with Crippen molar-refractivity contribution in [2.24, 2.45) is 0 Å². The molecule has 20 heavy (non-hydrogen) atoms. The summed E-state index contributed by atoms with van der Waals surface area (Å²) in [7, 11) is 1.82. The fraction of sp³-hybridized carbons (Fsp3) is 0.625. The highest BCUT2D eigenvalue weighted by atomic mass is 16.7. The Labute approximate surface area is 120 Å². The number of rotatable bonds is 5. The molecule has 1 aliphatic heterocycles. The molecule has 0 aromatic heterocycles. The molecule has 2 aliphatic rings. The van der Waals surface area contributed by atoms with E-state index in [4.69, 9.17) is 14.2 Å². The molecule has 1 fully saturated rings. The first-order valence-corrected chi connectivity index (χ1v) is 7.51. The smallest absolute Gasteiger partial charge is 0.231 e. The van der Waals surface area contributed by atoms with E-state index in [1.807, 2.05) is 13.2 Å². The highest BCUT2D eigenvalue weighted by Crippen LogP contribution is 2.32. The van der Waals surface area contributed by atoms with Gasteiger partial charge in [-0.3, -0.25) is 0 Å². The molecule has 3 rings (SSSR count). The van der Waals surface area contributed by atoms with Gasteiger partial charge in [-0.05, 0) is 43.5 Å². The van der Waals surface area contributed by atoms with Crippen molar-refractivity contribution in [2.75, 3.05) is 20.4 Å². The van der Waals surface area contributed by atoms with E-state index in [0.29, 0.717) is 18.9 Å². The van der Waals surface area contributed by atoms with Gasteiger partial charge in [0, 0.05) is 13.2 Å². The van der Waals surface area contributed by atoms with Crippen LogP contribution in [0.25, 0.3) is 0 Å². The molecule has 1 aromatic carbocycles. The molecule has 0 spiro atoms. The lowest BCUT2D eigenvalue weighted by Crippen LogP contribution is -2.43. The Kier molecular flexibility index (Phi) is 4.43. The van der Waals surface area contributed by atoms with Crippen LogP contribution in [0.2, 0.25) is 0 Å². The maximum atomic E-state index is 5.57. The molecule has 110 valence electrons. The topological polar surface area (TPSA) is 39.7 Å². The lowest BCUT2D eigenvalue weighted by Gasteiger charge is -2.31. The van der Waals surface area contributed by atoms with Gasteiger partial charge in [-0.2, -0.15) is 0 Å². The predicted molar refractivity (Wildman–Crippen MR) is 77.3 cm³/mol. The van der Waals surface area contributed by atoms with Gasteiger partial charge >= 0.3 is 0 Å². The Bertz CT molecular complexity index is 449. The fourth-order valence-corrected chi connectivity index (χ4v) is 3.11. The van der Waals surface area contributed by atoms with Crippen molar-refractivity contribution in [1.82, 2.24) is 5.32 Å². The predicted octanol–water partition coefficient (Wildman–Crippen LogP) is 2.51. The normalized spacial score (nSPS) is 24.9. The Balaban J connectivity index is 1.49. The third kappa shape index (κ3) is 3.07. The van der Waals surface area contributed by atoms with Crippen LogP contribution in [-0.2, 0) is 11.2 Å². The molecule has 1 heterocycles. The molecule has 1 aromatic rings. The lowest BCUT2D eigenvalue weighted by atomic mass is 9.92. The molecule has 1 saturated carbocycles. The van der Waals surface area contributed by atoms with Crippen molar-refractivity contribution in [3.05, 3.63) is 23.8 Å². The van der Waals surface area contributed by atoms with Crippen molar-refractivity contribution < 1.29 is 14.2 Å². The Morgan fingerprint density at radius 2 is 2.05 bits per heavy atom. The highest BCUT2D eigenvalue weighted by Gasteiger charge is 2.24. The SMILES string of the molecule is CO[C@@H]1CCCC[C@H]1NCCc1ccc2c(c1)OCO2. The van der Waals surface area contributed by atoms with Crippen LogP contribution in [0.3, 0.4) is 0 Å². The standard InChI is InChI=1S/C16H23NO3/c1-18-14-5-3-2-4-13(14)17-9-8-12-6-7-15-16(10-12)20-11-19-15/h6-7,10,13-14,17H,2-5,8-9,11H2,1H3/t13-,14-/m1/s1. The van der Waals surface area contributed by atoms with Gasteiger partial charge in [0.1, 0.15) is 0 Å². The third-order valence-corrected chi connectivity index (χ3v) is 4.26. The largest absolute Gasteiger partial charge is 0.454 e. The monoisotopic (exact) mass is 277 g/mol. The summed E-state index contributed by atoms with van der Waals surface area (Å²) in [5.41, 5.74) is 1.28. The van der Waals surface area contributed by atoms with Crippen LogP contribution in [-0.4, -0.2) is 32.6 Å². The molecular formula is C16H23NO3. The zero-order valence-electron chi connectivity index (χ0n) is 12.1. The molecule has 1 aliphatic carbocycles. The average Bonchev–Trinajstić information content (AvgIpc) is 2.95. The Morgan fingerprint density at radius 3 is 2.95 bits per heavy atom. The van der Waals surface area contributed by atoms with Crippen molar-refractivity contribution >= 4 is 0 Å². The van der Waals surface area contributed by atoms with E-state index >= 15 is 0 Å². The van der Waals surface area contributed by atoms with Gasteiger partial charge in [0.05, 0.1) is 6.10 Å². The molecule has 0 radical (unpaired) electrons. The van der Waals surface area contributed by atoms with Crippen molar-refractivity contribution in [3.8, 4) is 11.5 Å². The van der Waals surface area contributed by atoms with Crippen LogP contribution in [0.1, 0.15) is 31.2 Å². The van der Waals surface area contributed by atoms with Gasteiger partial charge in [0.15, 0.2) is 11.5 Å². The molecule has 0 unspecified atom stereocenters. The van der Waals surface area contributed by atoms with Gasteiger partial charge in [0.2, 0.25) is 6.79 Å². The second kappa shape index (κ2) is 6.46. The number of ether oxygens (including phenoxy) is 3. The van der Waals surface area contributed by atoms with Crippen LogP contribution in [0.15, 0.2) is 18.2 Å². The number of benzene rings is 1. The Morgan fingerprint density at radius 1 is 1.20 bits per heavy atom. The first-order chi connectivity index (χ1) is 9.86. The number of nitrogens with one attached hydrogen (secondary N) is 1. The average molecular weight is 277 g/mol. The third-order valence-electron chi connectivity index (χ3n) is 4.26. The van der Waals surface area contributed by atoms with E-state index in [2.05, 4.69) is 17.4 Å². The Hall–Kier alpha value is -1.26. The van der Waals surface area contributed by atoms with Gasteiger partial charge in [-0.1, -0.05) is 18.9 Å². The molecule has 0 saturated heterocycles. The molecule has 4 nitrogen and oxygen atoms in total. The van der Waals surface area contributed by atoms with Crippen LogP contribution < -0.4 is 14.8 Å². The molecule has 0 amide bonds. The molecule has 0 bridgehead atoms. The number of hydrogen-bond acceptors (Lipinski definition) is 4. The maximum absolute atomic E-state index is 5.57. The summed E-state index contributed by atoms with van der Waals surface area (Å²) >= 11 is 0. The summed E-state index contributed by atoms with van der Waals surface area (Å²) in [5.74, 6) is 1.73. The van der Waals surface area contributed by atoms with E-state index < -0.39 is 0 Å². The minimum Gasteiger partial charge on any atom is -0.454 e. The number of hydrogen-bond donors (Lipinski definition) is 1. The van der Waals surface area contributed by atoms with Crippen molar-refractivity contribution in [2.45, 2.75) is 44.2 Å². The summed E-state index contributed by atoms with van der Waals surface area (Å²) in [6.45, 7) is 1.32. The zero-order valence-corrected chi connectivity index (χ0v) is 12.1. The van der Waals surface area contributed by atoms with Crippen LogP contribution >= 0.6 is 0 Å². The zero-order chi connectivity index (χ0) is 13.8. The van der Waals surface area contributed by atoms with Crippen molar-refractivity contribution in [1.29, 1.82) is 0 Å². The van der Waals surface area contributed by atoms with Gasteiger partial charge in [0.25, 0.3) is 0 Å². The second-order valence-corrected chi connectivity index (χ2v) is 5.56. The van der Waals surface area contributed by atoms with Crippen molar-refractivity contribution in [3.63, 3.8) is 0 Å². The first kappa shape index (κ1) is 13.7. The minimum absolute atomic E-state index is 0.342. The van der Waals surface area contributed by atoms with Crippen LogP contribution in [0.4, 0.5) is 0 Å². The van der Waals surface area contributed by atoms with Crippen LogP contribution in [0, 0.1) is 0 Å². The lowest BCUT2D eigenvalue weighted by molar-refractivity contribution is 0.0421.